The van der Waals surface area contributed by atoms with Crippen LogP contribution in [0.4, 0.5) is 0 Å². The highest BCUT2D eigenvalue weighted by Crippen LogP contribution is 2.17. The number of rotatable bonds is 2. The van der Waals surface area contributed by atoms with Crippen LogP contribution in [0.15, 0.2) is 29.8 Å². The molecule has 0 saturated heterocycles. The summed E-state index contributed by atoms with van der Waals surface area (Å²) in [4.78, 5) is 10.5. The average Bonchev–Trinajstić information content (AvgIpc) is 2.08. The van der Waals surface area contributed by atoms with Gasteiger partial charge in [0.05, 0.1) is 0 Å². The quantitative estimate of drug-likeness (QED) is 0.739. The van der Waals surface area contributed by atoms with E-state index in [1.54, 1.807) is 24.3 Å². The van der Waals surface area contributed by atoms with E-state index in [1.807, 2.05) is 6.07 Å². The molecule has 0 fully saturated rings. The third-order valence-electron chi connectivity index (χ3n) is 1.61. The van der Waals surface area contributed by atoms with Gasteiger partial charge in [-0.25, -0.2) is 4.79 Å². The molecule has 0 spiro atoms. The van der Waals surface area contributed by atoms with Crippen molar-refractivity contribution in [2.45, 2.75) is 6.92 Å². The fraction of sp³-hybridized carbons (Fsp3) is 0.100. The molecule has 2 nitrogen and oxygen atoms in total. The molecule has 0 heterocycles. The Bertz CT molecular complexity index is 356. The van der Waals surface area contributed by atoms with Crippen molar-refractivity contribution in [3.05, 3.63) is 40.4 Å². The van der Waals surface area contributed by atoms with E-state index in [4.69, 9.17) is 16.7 Å². The van der Waals surface area contributed by atoms with Crippen LogP contribution in [0.2, 0.25) is 5.02 Å². The molecule has 0 amide bonds. The number of hydrogen-bond acceptors (Lipinski definition) is 1. The van der Waals surface area contributed by atoms with Crippen molar-refractivity contribution in [2.24, 2.45) is 0 Å². The molecular weight excluding hydrogens is 188 g/mol. The Hall–Kier alpha value is -1.28. The summed E-state index contributed by atoms with van der Waals surface area (Å²) in [6.07, 6.45) is 1.55. The Morgan fingerprint density at radius 2 is 2.08 bits per heavy atom. The van der Waals surface area contributed by atoms with Crippen LogP contribution < -0.4 is 0 Å². The third-order valence-corrected chi connectivity index (χ3v) is 1.96. The number of aliphatic carboxylic acids is 1. The first-order valence-corrected chi connectivity index (χ1v) is 4.15. The molecule has 0 atom stereocenters. The molecule has 0 aromatic heterocycles. The molecule has 0 radical (unpaired) electrons. The van der Waals surface area contributed by atoms with Gasteiger partial charge in [-0.1, -0.05) is 29.8 Å². The maximum absolute atomic E-state index is 10.5. The lowest BCUT2D eigenvalue weighted by Gasteiger charge is -1.97. The first kappa shape index (κ1) is 9.81. The van der Waals surface area contributed by atoms with Crippen LogP contribution in [0.3, 0.4) is 0 Å². The molecule has 3 heteroatoms. The van der Waals surface area contributed by atoms with Crippen LogP contribution in [0.5, 0.6) is 0 Å². The standard InChI is InChI=1S/C10H9ClO2/c1-7(10(12)13)6-8-4-2-3-5-9(8)11/h2-6H,1H3,(H,12,13). The molecule has 1 aromatic rings. The largest absolute Gasteiger partial charge is 0.478 e. The van der Waals surface area contributed by atoms with Crippen LogP contribution in [-0.2, 0) is 4.79 Å². The van der Waals surface area contributed by atoms with Crippen LogP contribution in [-0.4, -0.2) is 11.1 Å². The lowest BCUT2D eigenvalue weighted by Crippen LogP contribution is -1.95. The van der Waals surface area contributed by atoms with Crippen molar-refractivity contribution in [2.75, 3.05) is 0 Å². The zero-order chi connectivity index (χ0) is 9.84. The molecule has 0 aliphatic heterocycles. The van der Waals surface area contributed by atoms with Gasteiger partial charge in [0, 0.05) is 10.6 Å². The Morgan fingerprint density at radius 1 is 1.46 bits per heavy atom. The molecule has 1 N–H and O–H groups in total. The zero-order valence-electron chi connectivity index (χ0n) is 7.12. The van der Waals surface area contributed by atoms with E-state index in [9.17, 15) is 4.79 Å². The summed E-state index contributed by atoms with van der Waals surface area (Å²) in [7, 11) is 0. The van der Waals surface area contributed by atoms with Gasteiger partial charge >= 0.3 is 5.97 Å². The van der Waals surface area contributed by atoms with Gasteiger partial charge in [-0.05, 0) is 24.6 Å². The summed E-state index contributed by atoms with van der Waals surface area (Å²) in [5, 5.41) is 9.18. The van der Waals surface area contributed by atoms with E-state index in [0.29, 0.717) is 5.02 Å². The zero-order valence-corrected chi connectivity index (χ0v) is 7.88. The second kappa shape index (κ2) is 4.10. The molecule has 0 aliphatic carbocycles. The van der Waals surface area contributed by atoms with Gasteiger partial charge in [-0.2, -0.15) is 0 Å². The summed E-state index contributed by atoms with van der Waals surface area (Å²) in [5.74, 6) is -0.931. The Labute approximate surface area is 81.5 Å². The van der Waals surface area contributed by atoms with Gasteiger partial charge in [0.15, 0.2) is 0 Å². The Balaban J connectivity index is 3.04. The normalized spacial score (nSPS) is 11.4. The Morgan fingerprint density at radius 3 is 2.62 bits per heavy atom. The fourth-order valence-corrected chi connectivity index (χ4v) is 1.08. The van der Waals surface area contributed by atoms with E-state index in [1.165, 1.54) is 6.92 Å². The van der Waals surface area contributed by atoms with Gasteiger partial charge in [0.25, 0.3) is 0 Å². The number of benzene rings is 1. The van der Waals surface area contributed by atoms with Gasteiger partial charge in [0.1, 0.15) is 0 Å². The minimum atomic E-state index is -0.931. The number of carboxylic acid groups (broad SMARTS) is 1. The molecule has 0 aliphatic rings. The minimum Gasteiger partial charge on any atom is -0.478 e. The first-order valence-electron chi connectivity index (χ1n) is 3.77. The van der Waals surface area contributed by atoms with Gasteiger partial charge < -0.3 is 5.11 Å². The first-order chi connectivity index (χ1) is 6.11. The molecular formula is C10H9ClO2. The topological polar surface area (TPSA) is 37.3 Å². The van der Waals surface area contributed by atoms with Crippen molar-refractivity contribution in [3.63, 3.8) is 0 Å². The highest BCUT2D eigenvalue weighted by Gasteiger charge is 2.01. The van der Waals surface area contributed by atoms with E-state index >= 15 is 0 Å². The van der Waals surface area contributed by atoms with Gasteiger partial charge in [-0.15, -0.1) is 0 Å². The lowest BCUT2D eigenvalue weighted by molar-refractivity contribution is -0.132. The fourth-order valence-electron chi connectivity index (χ4n) is 0.887. The summed E-state index contributed by atoms with van der Waals surface area (Å²) in [5.41, 5.74) is 0.997. The molecule has 1 aromatic carbocycles. The highest BCUT2D eigenvalue weighted by molar-refractivity contribution is 6.32. The number of halogens is 1. The maximum atomic E-state index is 10.5. The van der Waals surface area contributed by atoms with Gasteiger partial charge in [0.2, 0.25) is 0 Å². The van der Waals surface area contributed by atoms with Crippen molar-refractivity contribution in [1.82, 2.24) is 0 Å². The number of carbonyl (C=O) groups is 1. The van der Waals surface area contributed by atoms with E-state index < -0.39 is 5.97 Å². The van der Waals surface area contributed by atoms with E-state index in [0.717, 1.165) is 5.56 Å². The highest BCUT2D eigenvalue weighted by atomic mass is 35.5. The molecule has 0 saturated carbocycles. The van der Waals surface area contributed by atoms with Crippen LogP contribution in [0.1, 0.15) is 12.5 Å². The van der Waals surface area contributed by atoms with Crippen molar-refractivity contribution < 1.29 is 9.90 Å². The minimum absolute atomic E-state index is 0.271. The smallest absolute Gasteiger partial charge is 0.331 e. The van der Waals surface area contributed by atoms with Crippen LogP contribution >= 0.6 is 11.6 Å². The summed E-state index contributed by atoms with van der Waals surface area (Å²) < 4.78 is 0. The monoisotopic (exact) mass is 196 g/mol. The average molecular weight is 197 g/mol. The van der Waals surface area contributed by atoms with Gasteiger partial charge in [-0.3, -0.25) is 0 Å². The molecule has 68 valence electrons. The second-order valence-electron chi connectivity index (χ2n) is 2.65. The van der Waals surface area contributed by atoms with Crippen molar-refractivity contribution >= 4 is 23.6 Å². The van der Waals surface area contributed by atoms with Crippen molar-refractivity contribution in [1.29, 1.82) is 0 Å². The van der Waals surface area contributed by atoms with Crippen LogP contribution in [0, 0.1) is 0 Å². The molecule has 1 rings (SSSR count). The van der Waals surface area contributed by atoms with Crippen molar-refractivity contribution in [3.8, 4) is 0 Å². The summed E-state index contributed by atoms with van der Waals surface area (Å²) in [6, 6.07) is 7.11. The molecule has 13 heavy (non-hydrogen) atoms. The lowest BCUT2D eigenvalue weighted by atomic mass is 10.1. The molecule has 0 unspecified atom stereocenters. The number of carboxylic acids is 1. The summed E-state index contributed by atoms with van der Waals surface area (Å²) >= 11 is 5.84. The Kier molecular flexibility index (Phi) is 3.09. The predicted octanol–water partition coefficient (Wildman–Crippen LogP) is 2.83. The SMILES string of the molecule is CC(=Cc1ccccc1Cl)C(=O)O. The predicted molar refractivity (Wildman–Crippen MR) is 52.7 cm³/mol. The van der Waals surface area contributed by atoms with E-state index in [2.05, 4.69) is 0 Å². The third kappa shape index (κ3) is 2.60. The molecule has 0 bridgehead atoms. The van der Waals surface area contributed by atoms with E-state index in [-0.39, 0.29) is 5.57 Å². The van der Waals surface area contributed by atoms with Crippen LogP contribution in [0.25, 0.3) is 6.08 Å². The summed E-state index contributed by atoms with van der Waals surface area (Å²) in [6.45, 7) is 1.53. The second-order valence-corrected chi connectivity index (χ2v) is 3.06. The maximum Gasteiger partial charge on any atom is 0.331 e. The number of hydrogen-bond donors (Lipinski definition) is 1.